The second-order valence-electron chi connectivity index (χ2n) is 8.80. The minimum Gasteiger partial charge on any atom is -0.477 e. The highest BCUT2D eigenvalue weighted by molar-refractivity contribution is 5.90. The lowest BCUT2D eigenvalue weighted by Gasteiger charge is -2.47. The zero-order valence-electron chi connectivity index (χ0n) is 19.1. The van der Waals surface area contributed by atoms with E-state index in [0.717, 1.165) is 10.8 Å². The van der Waals surface area contributed by atoms with Crippen molar-refractivity contribution in [2.24, 2.45) is 0 Å². The number of hydrogen-bond acceptors (Lipinski definition) is 4. The Bertz CT molecular complexity index is 1340. The zero-order chi connectivity index (χ0) is 24.6. The molecule has 0 saturated heterocycles. The molecule has 0 amide bonds. The Morgan fingerprint density at radius 2 is 1.51 bits per heavy atom. The summed E-state index contributed by atoms with van der Waals surface area (Å²) in [6.45, 7) is 1.88. The van der Waals surface area contributed by atoms with Gasteiger partial charge >= 0.3 is 5.97 Å². The van der Waals surface area contributed by atoms with E-state index in [2.05, 4.69) is 0 Å². The molecule has 1 aliphatic heterocycles. The predicted octanol–water partition coefficient (Wildman–Crippen LogP) is 5.99. The van der Waals surface area contributed by atoms with Crippen molar-refractivity contribution in [3.8, 4) is 5.75 Å². The van der Waals surface area contributed by atoms with Gasteiger partial charge in [-0.3, -0.25) is 4.79 Å². The largest absolute Gasteiger partial charge is 0.477 e. The molecule has 0 radical (unpaired) electrons. The average Bonchev–Trinajstić information content (AvgIpc) is 2.84. The monoisotopic (exact) mass is 474 g/mol. The van der Waals surface area contributed by atoms with Crippen LogP contribution in [0, 0.1) is 11.6 Å². The lowest BCUT2D eigenvalue weighted by atomic mass is 9.71. The summed E-state index contributed by atoms with van der Waals surface area (Å²) in [7, 11) is 0. The van der Waals surface area contributed by atoms with Crippen LogP contribution in [0.1, 0.15) is 36.5 Å². The minimum absolute atomic E-state index is 0.0680. The van der Waals surface area contributed by atoms with Gasteiger partial charge in [0.05, 0.1) is 13.0 Å². The topological polar surface area (TPSA) is 55.8 Å². The Labute approximate surface area is 201 Å². The molecular formula is C29H24F2O4. The summed E-state index contributed by atoms with van der Waals surface area (Å²) in [5, 5.41) is 13.8. The maximum Gasteiger partial charge on any atom is 0.309 e. The van der Waals surface area contributed by atoms with Crippen molar-refractivity contribution < 1.29 is 28.2 Å². The first-order valence-electron chi connectivity index (χ1n) is 11.5. The Hall–Kier alpha value is -3.77. The first-order valence-corrected chi connectivity index (χ1v) is 11.5. The van der Waals surface area contributed by atoms with Crippen LogP contribution in [0.3, 0.4) is 0 Å². The highest BCUT2D eigenvalue weighted by atomic mass is 19.1. The molecule has 1 atom stereocenters. The van der Waals surface area contributed by atoms with Crippen molar-refractivity contribution in [3.63, 3.8) is 0 Å². The summed E-state index contributed by atoms with van der Waals surface area (Å²) >= 11 is 0. The molecule has 6 heteroatoms. The standard InChI is InChI=1S/C29H24F2O4/c1-2-34-26(32)17-28(33)18-29(20-8-12-22(30)13-9-20,21-10-14-23(31)15-11-21)35-27-24-6-4-3-5-19(24)7-16-25(27)28/h3-16,33H,2,17-18H2,1H3. The molecule has 35 heavy (non-hydrogen) atoms. The van der Waals surface area contributed by atoms with Gasteiger partial charge in [-0.2, -0.15) is 0 Å². The van der Waals surface area contributed by atoms with Gasteiger partial charge in [-0.15, -0.1) is 0 Å². The fourth-order valence-corrected chi connectivity index (χ4v) is 4.97. The van der Waals surface area contributed by atoms with Gasteiger partial charge < -0.3 is 14.6 Å². The summed E-state index contributed by atoms with van der Waals surface area (Å²) in [5.74, 6) is -0.990. The number of carbonyl (C=O) groups excluding carboxylic acids is 1. The number of rotatable bonds is 5. The van der Waals surface area contributed by atoms with Crippen molar-refractivity contribution in [2.45, 2.75) is 31.0 Å². The van der Waals surface area contributed by atoms with Gasteiger partial charge in [-0.25, -0.2) is 8.78 Å². The van der Waals surface area contributed by atoms with Crippen molar-refractivity contribution in [1.29, 1.82) is 0 Å². The van der Waals surface area contributed by atoms with Crippen molar-refractivity contribution in [1.82, 2.24) is 0 Å². The van der Waals surface area contributed by atoms with Gasteiger partial charge in [0.25, 0.3) is 0 Å². The van der Waals surface area contributed by atoms with Crippen LogP contribution in [-0.4, -0.2) is 17.7 Å². The Morgan fingerprint density at radius 3 is 2.11 bits per heavy atom. The summed E-state index contributed by atoms with van der Waals surface area (Å²) in [5.41, 5.74) is -1.42. The van der Waals surface area contributed by atoms with E-state index in [1.54, 1.807) is 37.3 Å². The van der Waals surface area contributed by atoms with E-state index in [0.29, 0.717) is 22.4 Å². The fourth-order valence-electron chi connectivity index (χ4n) is 4.97. The first-order chi connectivity index (χ1) is 16.8. The van der Waals surface area contributed by atoms with Gasteiger partial charge in [0.15, 0.2) is 5.60 Å². The van der Waals surface area contributed by atoms with Crippen molar-refractivity contribution in [2.75, 3.05) is 6.61 Å². The Morgan fingerprint density at radius 1 is 0.914 bits per heavy atom. The molecule has 4 aromatic rings. The van der Waals surface area contributed by atoms with Crippen LogP contribution in [0.2, 0.25) is 0 Å². The van der Waals surface area contributed by atoms with E-state index in [1.165, 1.54) is 24.3 Å². The lowest BCUT2D eigenvalue weighted by molar-refractivity contribution is -0.153. The molecule has 0 spiro atoms. The number of fused-ring (bicyclic) bond motifs is 3. The molecule has 0 aromatic heterocycles. The highest BCUT2D eigenvalue weighted by Crippen LogP contribution is 2.54. The van der Waals surface area contributed by atoms with E-state index < -0.39 is 28.8 Å². The molecular weight excluding hydrogens is 450 g/mol. The molecule has 4 nitrogen and oxygen atoms in total. The average molecular weight is 475 g/mol. The molecule has 178 valence electrons. The van der Waals surface area contributed by atoms with Crippen LogP contribution in [0.4, 0.5) is 8.78 Å². The zero-order valence-corrected chi connectivity index (χ0v) is 19.1. The van der Waals surface area contributed by atoms with E-state index in [9.17, 15) is 18.7 Å². The van der Waals surface area contributed by atoms with Crippen LogP contribution < -0.4 is 4.74 Å². The van der Waals surface area contributed by atoms with Gasteiger partial charge in [0, 0.05) is 28.5 Å². The predicted molar refractivity (Wildman–Crippen MR) is 128 cm³/mol. The van der Waals surface area contributed by atoms with Crippen molar-refractivity contribution in [3.05, 3.63) is 113 Å². The van der Waals surface area contributed by atoms with Gasteiger partial charge in [0.1, 0.15) is 23.0 Å². The first kappa shape index (κ1) is 23.0. The summed E-state index contributed by atoms with van der Waals surface area (Å²) in [4.78, 5) is 12.6. The quantitative estimate of drug-likeness (QED) is 0.361. The molecule has 5 rings (SSSR count). The number of esters is 1. The summed E-state index contributed by atoms with van der Waals surface area (Å²) in [6, 6.07) is 22.8. The second kappa shape index (κ2) is 8.78. The summed E-state index contributed by atoms with van der Waals surface area (Å²) < 4.78 is 39.7. The number of benzene rings is 4. The third-order valence-electron chi connectivity index (χ3n) is 6.56. The number of aliphatic hydroxyl groups is 1. The maximum atomic E-state index is 13.9. The molecule has 0 saturated carbocycles. The normalized spacial score (nSPS) is 18.5. The smallest absolute Gasteiger partial charge is 0.309 e. The molecule has 4 aromatic carbocycles. The lowest BCUT2D eigenvalue weighted by Crippen LogP contribution is -2.48. The van der Waals surface area contributed by atoms with E-state index in [-0.39, 0.29) is 19.4 Å². The Balaban J connectivity index is 1.80. The van der Waals surface area contributed by atoms with E-state index in [4.69, 9.17) is 9.47 Å². The molecule has 1 heterocycles. The maximum absolute atomic E-state index is 13.9. The van der Waals surface area contributed by atoms with Crippen LogP contribution in [0.5, 0.6) is 5.75 Å². The molecule has 0 fully saturated rings. The molecule has 0 bridgehead atoms. The molecule has 1 N–H and O–H groups in total. The number of halogens is 2. The third-order valence-corrected chi connectivity index (χ3v) is 6.56. The van der Waals surface area contributed by atoms with Crippen LogP contribution in [-0.2, 0) is 20.7 Å². The van der Waals surface area contributed by atoms with Gasteiger partial charge in [0.2, 0.25) is 0 Å². The van der Waals surface area contributed by atoms with Crippen LogP contribution in [0.25, 0.3) is 10.8 Å². The second-order valence-corrected chi connectivity index (χ2v) is 8.80. The van der Waals surface area contributed by atoms with Crippen LogP contribution in [0.15, 0.2) is 84.9 Å². The molecule has 1 aliphatic rings. The minimum atomic E-state index is -1.67. The Kier molecular flexibility index (Phi) is 5.77. The molecule has 1 unspecified atom stereocenters. The van der Waals surface area contributed by atoms with Gasteiger partial charge in [-0.05, 0) is 36.6 Å². The SMILES string of the molecule is CCOC(=O)CC1(O)CC(c2ccc(F)cc2)(c2ccc(F)cc2)Oc2c1ccc1ccccc21. The number of ether oxygens (including phenoxy) is 2. The van der Waals surface area contributed by atoms with E-state index in [1.807, 2.05) is 30.3 Å². The van der Waals surface area contributed by atoms with Gasteiger partial charge in [-0.1, -0.05) is 60.7 Å². The summed E-state index contributed by atoms with van der Waals surface area (Å²) in [6.07, 6.45) is -0.374. The van der Waals surface area contributed by atoms with Crippen molar-refractivity contribution >= 4 is 16.7 Å². The highest BCUT2D eigenvalue weighted by Gasteiger charge is 2.52. The van der Waals surface area contributed by atoms with E-state index >= 15 is 0 Å². The number of hydrogen-bond donors (Lipinski definition) is 1. The number of carbonyl (C=O) groups is 1. The fraction of sp³-hybridized carbons (Fsp3) is 0.207. The van der Waals surface area contributed by atoms with Crippen LogP contribution >= 0.6 is 0 Å². The molecule has 0 aliphatic carbocycles. The third kappa shape index (κ3) is 4.04.